The van der Waals surface area contributed by atoms with Gasteiger partial charge in [0, 0.05) is 30.8 Å². The minimum absolute atomic E-state index is 0.103. The summed E-state index contributed by atoms with van der Waals surface area (Å²) in [5.41, 5.74) is 1.78. The van der Waals surface area contributed by atoms with Crippen molar-refractivity contribution in [1.82, 2.24) is 10.2 Å². The van der Waals surface area contributed by atoms with Gasteiger partial charge in [0.15, 0.2) is 0 Å². The van der Waals surface area contributed by atoms with Gasteiger partial charge >= 0.3 is 0 Å². The Morgan fingerprint density at radius 2 is 1.92 bits per heavy atom. The molecule has 4 rings (SSSR count). The third kappa shape index (κ3) is 2.63. The molecule has 0 radical (unpaired) electrons. The molecule has 1 N–H and O–H groups in total. The highest BCUT2D eigenvalue weighted by Crippen LogP contribution is 2.43. The summed E-state index contributed by atoms with van der Waals surface area (Å²) in [5.74, 6) is 0.428. The zero-order valence-electron chi connectivity index (χ0n) is 13.4. The first kappa shape index (κ1) is 15.4. The lowest BCUT2D eigenvalue weighted by molar-refractivity contribution is -0.120. The van der Waals surface area contributed by atoms with E-state index in [-0.39, 0.29) is 23.3 Å². The van der Waals surface area contributed by atoms with Gasteiger partial charge in [0.1, 0.15) is 0 Å². The van der Waals surface area contributed by atoms with Gasteiger partial charge in [0.2, 0.25) is 5.91 Å². The number of amides is 2. The molecule has 1 atom stereocenters. The maximum atomic E-state index is 12.5. The second-order valence-corrected chi connectivity index (χ2v) is 7.46. The SMILES string of the molecule is O=C1CC(c2ccccc2)C2(CCN(C(=O)c3ccsc3)CC2)N1. The Morgan fingerprint density at radius 1 is 1.17 bits per heavy atom. The maximum Gasteiger partial charge on any atom is 0.254 e. The van der Waals surface area contributed by atoms with Crippen molar-refractivity contribution in [2.75, 3.05) is 13.1 Å². The molecule has 1 aromatic heterocycles. The van der Waals surface area contributed by atoms with E-state index in [0.717, 1.165) is 18.4 Å². The Balaban J connectivity index is 1.52. The van der Waals surface area contributed by atoms with Gasteiger partial charge in [-0.15, -0.1) is 0 Å². The van der Waals surface area contributed by atoms with E-state index in [9.17, 15) is 9.59 Å². The molecule has 4 nitrogen and oxygen atoms in total. The Morgan fingerprint density at radius 3 is 2.58 bits per heavy atom. The van der Waals surface area contributed by atoms with Crippen LogP contribution >= 0.6 is 11.3 Å². The molecule has 2 aliphatic rings. The molecule has 2 aliphatic heterocycles. The Bertz CT molecular complexity index is 734. The van der Waals surface area contributed by atoms with Crippen LogP contribution in [-0.4, -0.2) is 35.3 Å². The average molecular weight is 340 g/mol. The number of carbonyl (C=O) groups excluding carboxylic acids is 2. The predicted octanol–water partition coefficient (Wildman–Crippen LogP) is 3.03. The molecule has 124 valence electrons. The van der Waals surface area contributed by atoms with Crippen molar-refractivity contribution >= 4 is 23.2 Å². The van der Waals surface area contributed by atoms with Crippen molar-refractivity contribution in [2.24, 2.45) is 0 Å². The minimum Gasteiger partial charge on any atom is -0.350 e. The second-order valence-electron chi connectivity index (χ2n) is 6.68. The fourth-order valence-electron chi connectivity index (χ4n) is 4.07. The predicted molar refractivity (Wildman–Crippen MR) is 94.1 cm³/mol. The third-order valence-electron chi connectivity index (χ3n) is 5.36. The van der Waals surface area contributed by atoms with Gasteiger partial charge in [-0.1, -0.05) is 30.3 Å². The second kappa shape index (κ2) is 6.06. The van der Waals surface area contributed by atoms with Gasteiger partial charge in [0.05, 0.1) is 11.1 Å². The van der Waals surface area contributed by atoms with Crippen LogP contribution in [-0.2, 0) is 4.79 Å². The number of piperidine rings is 1. The van der Waals surface area contributed by atoms with E-state index in [1.165, 1.54) is 5.56 Å². The fourth-order valence-corrected chi connectivity index (χ4v) is 4.70. The summed E-state index contributed by atoms with van der Waals surface area (Å²) in [6, 6.07) is 12.2. The molecule has 1 aromatic carbocycles. The van der Waals surface area contributed by atoms with Crippen molar-refractivity contribution in [1.29, 1.82) is 0 Å². The molecular formula is C19H20N2O2S. The van der Waals surface area contributed by atoms with E-state index in [0.29, 0.717) is 19.5 Å². The molecule has 3 heterocycles. The number of likely N-dealkylation sites (tertiary alicyclic amines) is 1. The first-order valence-electron chi connectivity index (χ1n) is 8.35. The third-order valence-corrected chi connectivity index (χ3v) is 6.04. The molecule has 2 amide bonds. The first-order valence-corrected chi connectivity index (χ1v) is 9.30. The molecule has 24 heavy (non-hydrogen) atoms. The van der Waals surface area contributed by atoms with Gasteiger partial charge in [-0.05, 0) is 29.9 Å². The Labute approximate surface area is 145 Å². The molecule has 2 saturated heterocycles. The number of rotatable bonds is 2. The van der Waals surface area contributed by atoms with Gasteiger partial charge in [0.25, 0.3) is 5.91 Å². The number of nitrogens with one attached hydrogen (secondary N) is 1. The molecular weight excluding hydrogens is 320 g/mol. The van der Waals surface area contributed by atoms with E-state index in [2.05, 4.69) is 17.4 Å². The number of nitrogens with zero attached hydrogens (tertiary/aromatic N) is 1. The summed E-state index contributed by atoms with van der Waals surface area (Å²) in [4.78, 5) is 26.6. The van der Waals surface area contributed by atoms with Crippen LogP contribution in [0.5, 0.6) is 0 Å². The summed E-state index contributed by atoms with van der Waals surface area (Å²) in [7, 11) is 0. The highest BCUT2D eigenvalue weighted by molar-refractivity contribution is 7.08. The molecule has 1 spiro atoms. The lowest BCUT2D eigenvalue weighted by Crippen LogP contribution is -2.54. The number of hydrogen-bond acceptors (Lipinski definition) is 3. The standard InChI is InChI=1S/C19H20N2O2S/c22-17-12-16(14-4-2-1-3-5-14)19(20-17)7-9-21(10-8-19)18(23)15-6-11-24-13-15/h1-6,11,13,16H,7-10,12H2,(H,20,22). The van der Waals surface area contributed by atoms with E-state index < -0.39 is 0 Å². The van der Waals surface area contributed by atoms with Crippen molar-refractivity contribution in [3.63, 3.8) is 0 Å². The van der Waals surface area contributed by atoms with Crippen LogP contribution in [0.2, 0.25) is 0 Å². The summed E-state index contributed by atoms with van der Waals surface area (Å²) < 4.78 is 0. The van der Waals surface area contributed by atoms with E-state index in [1.807, 2.05) is 39.9 Å². The highest BCUT2D eigenvalue weighted by Gasteiger charge is 2.49. The summed E-state index contributed by atoms with van der Waals surface area (Å²) in [6.07, 6.45) is 2.17. The van der Waals surface area contributed by atoms with Gasteiger partial charge < -0.3 is 10.2 Å². The number of hydrogen-bond donors (Lipinski definition) is 1. The number of benzene rings is 1. The van der Waals surface area contributed by atoms with Crippen molar-refractivity contribution < 1.29 is 9.59 Å². The van der Waals surface area contributed by atoms with Crippen LogP contribution in [0.3, 0.4) is 0 Å². The number of thiophene rings is 1. The van der Waals surface area contributed by atoms with Crippen LogP contribution in [0.15, 0.2) is 47.2 Å². The highest BCUT2D eigenvalue weighted by atomic mass is 32.1. The summed E-state index contributed by atoms with van der Waals surface area (Å²) >= 11 is 1.54. The largest absolute Gasteiger partial charge is 0.350 e. The Hall–Kier alpha value is -2.14. The molecule has 5 heteroatoms. The van der Waals surface area contributed by atoms with Crippen molar-refractivity contribution in [3.05, 3.63) is 58.3 Å². The molecule has 2 fully saturated rings. The van der Waals surface area contributed by atoms with Crippen LogP contribution in [0.25, 0.3) is 0 Å². The zero-order valence-corrected chi connectivity index (χ0v) is 14.2. The van der Waals surface area contributed by atoms with Crippen LogP contribution in [0.1, 0.15) is 41.1 Å². The molecule has 1 unspecified atom stereocenters. The fraction of sp³-hybridized carbons (Fsp3) is 0.368. The van der Waals surface area contributed by atoms with Crippen LogP contribution in [0, 0.1) is 0 Å². The summed E-state index contributed by atoms with van der Waals surface area (Å²) in [6.45, 7) is 1.39. The number of carbonyl (C=O) groups is 2. The van der Waals surface area contributed by atoms with Gasteiger partial charge in [-0.3, -0.25) is 9.59 Å². The van der Waals surface area contributed by atoms with E-state index >= 15 is 0 Å². The lowest BCUT2D eigenvalue weighted by Gasteiger charge is -2.43. The molecule has 0 saturated carbocycles. The molecule has 0 aliphatic carbocycles. The first-order chi connectivity index (χ1) is 11.7. The quantitative estimate of drug-likeness (QED) is 0.913. The molecule has 0 bridgehead atoms. The van der Waals surface area contributed by atoms with Crippen LogP contribution < -0.4 is 5.32 Å². The topological polar surface area (TPSA) is 49.4 Å². The van der Waals surface area contributed by atoms with Crippen molar-refractivity contribution in [2.45, 2.75) is 30.7 Å². The minimum atomic E-state index is -0.205. The lowest BCUT2D eigenvalue weighted by atomic mass is 9.74. The van der Waals surface area contributed by atoms with Crippen LogP contribution in [0.4, 0.5) is 0 Å². The van der Waals surface area contributed by atoms with Gasteiger partial charge in [-0.25, -0.2) is 0 Å². The normalized spacial score (nSPS) is 22.6. The van der Waals surface area contributed by atoms with Crippen molar-refractivity contribution in [3.8, 4) is 0 Å². The monoisotopic (exact) mass is 340 g/mol. The van der Waals surface area contributed by atoms with E-state index in [1.54, 1.807) is 11.3 Å². The average Bonchev–Trinajstić information content (AvgIpc) is 3.24. The smallest absolute Gasteiger partial charge is 0.254 e. The summed E-state index contributed by atoms with van der Waals surface area (Å²) in [5, 5.41) is 7.07. The Kier molecular flexibility index (Phi) is 3.88. The zero-order chi connectivity index (χ0) is 16.6. The van der Waals surface area contributed by atoms with Gasteiger partial charge in [-0.2, -0.15) is 11.3 Å². The van der Waals surface area contributed by atoms with E-state index in [4.69, 9.17) is 0 Å². The maximum absolute atomic E-state index is 12.5. The molecule has 2 aromatic rings.